The zero-order valence-corrected chi connectivity index (χ0v) is 27.9. The molecular formula is C41H41NO7. The Morgan fingerprint density at radius 2 is 1.61 bits per heavy atom. The lowest BCUT2D eigenvalue weighted by atomic mass is 9.98. The van der Waals surface area contributed by atoms with Crippen molar-refractivity contribution in [2.75, 3.05) is 34.0 Å². The van der Waals surface area contributed by atoms with Gasteiger partial charge in [-0.05, 0) is 89.8 Å². The summed E-state index contributed by atoms with van der Waals surface area (Å²) in [6.07, 6.45) is 7.45. The highest BCUT2D eigenvalue weighted by atomic mass is 16.6. The number of piperidine rings is 1. The molecule has 4 aromatic rings. The number of terminal acetylenes is 1. The van der Waals surface area contributed by atoms with Gasteiger partial charge in [0.25, 0.3) is 0 Å². The van der Waals surface area contributed by atoms with E-state index in [9.17, 15) is 9.59 Å². The van der Waals surface area contributed by atoms with Crippen molar-refractivity contribution in [3.63, 3.8) is 0 Å². The van der Waals surface area contributed by atoms with Gasteiger partial charge in [0.1, 0.15) is 31.1 Å². The van der Waals surface area contributed by atoms with Gasteiger partial charge in [0.05, 0.1) is 14.2 Å². The fourth-order valence-corrected chi connectivity index (χ4v) is 6.85. The van der Waals surface area contributed by atoms with E-state index < -0.39 is 24.2 Å². The van der Waals surface area contributed by atoms with Gasteiger partial charge in [0.15, 0.2) is 11.5 Å². The van der Waals surface area contributed by atoms with Crippen LogP contribution in [0.5, 0.6) is 17.2 Å². The normalized spacial score (nSPS) is 15.7. The number of hydrogen-bond donors (Lipinski definition) is 0. The number of benzene rings is 4. The van der Waals surface area contributed by atoms with Crippen LogP contribution in [0.2, 0.25) is 0 Å². The summed E-state index contributed by atoms with van der Waals surface area (Å²) in [7, 11) is 3.19. The maximum Gasteiger partial charge on any atom is 0.410 e. The molecule has 1 heterocycles. The lowest BCUT2D eigenvalue weighted by molar-refractivity contribution is -0.157. The van der Waals surface area contributed by atoms with Crippen LogP contribution in [-0.2, 0) is 20.7 Å². The first-order valence-electron chi connectivity index (χ1n) is 16.7. The van der Waals surface area contributed by atoms with Gasteiger partial charge in [-0.1, -0.05) is 72.7 Å². The molecule has 49 heavy (non-hydrogen) atoms. The van der Waals surface area contributed by atoms with Crippen LogP contribution in [0.4, 0.5) is 4.79 Å². The molecule has 0 spiro atoms. The van der Waals surface area contributed by atoms with Gasteiger partial charge in [0, 0.05) is 12.5 Å². The molecule has 1 fully saturated rings. The third-order valence-corrected chi connectivity index (χ3v) is 9.30. The van der Waals surface area contributed by atoms with E-state index in [1.165, 1.54) is 4.90 Å². The number of carbonyl (C=O) groups excluding carboxylic acids is 2. The molecule has 0 bridgehead atoms. The second kappa shape index (κ2) is 15.7. The first kappa shape index (κ1) is 33.5. The second-order valence-electron chi connectivity index (χ2n) is 12.2. The van der Waals surface area contributed by atoms with Crippen molar-refractivity contribution >= 4 is 12.1 Å². The number of methoxy groups -OCH3 is 2. The van der Waals surface area contributed by atoms with E-state index in [4.69, 9.17) is 30.1 Å². The van der Waals surface area contributed by atoms with Crippen LogP contribution in [0.1, 0.15) is 60.0 Å². The average molecular weight is 660 g/mol. The number of hydrogen-bond acceptors (Lipinski definition) is 7. The second-order valence-corrected chi connectivity index (χ2v) is 12.2. The molecule has 1 amide bonds. The molecule has 1 unspecified atom stereocenters. The molecule has 4 aromatic carbocycles. The Labute approximate surface area is 287 Å². The molecule has 1 saturated heterocycles. The van der Waals surface area contributed by atoms with E-state index in [0.29, 0.717) is 43.1 Å². The molecule has 252 valence electrons. The van der Waals surface area contributed by atoms with Gasteiger partial charge < -0.3 is 23.7 Å². The minimum absolute atomic E-state index is 0.0727. The van der Waals surface area contributed by atoms with Crippen LogP contribution < -0.4 is 14.2 Å². The summed E-state index contributed by atoms with van der Waals surface area (Å²) in [5, 5.41) is 0. The minimum atomic E-state index is -0.756. The van der Waals surface area contributed by atoms with Gasteiger partial charge in [-0.15, -0.1) is 6.42 Å². The molecule has 6 rings (SSSR count). The lowest BCUT2D eigenvalue weighted by Gasteiger charge is -2.34. The molecule has 0 radical (unpaired) electrons. The Hall–Kier alpha value is -5.42. The molecule has 1 aliphatic heterocycles. The summed E-state index contributed by atoms with van der Waals surface area (Å²) >= 11 is 0. The van der Waals surface area contributed by atoms with Gasteiger partial charge in [-0.25, -0.2) is 9.59 Å². The molecular weight excluding hydrogens is 618 g/mol. The van der Waals surface area contributed by atoms with E-state index >= 15 is 0 Å². The Kier molecular flexibility index (Phi) is 10.7. The fourth-order valence-electron chi connectivity index (χ4n) is 6.85. The number of fused-ring (bicyclic) bond motifs is 3. The molecule has 0 aromatic heterocycles. The first-order valence-corrected chi connectivity index (χ1v) is 16.7. The van der Waals surface area contributed by atoms with Gasteiger partial charge in [-0.2, -0.15) is 0 Å². The topological polar surface area (TPSA) is 83.5 Å². The number of esters is 1. The number of amides is 1. The Balaban J connectivity index is 1.18. The van der Waals surface area contributed by atoms with Crippen molar-refractivity contribution in [3.05, 3.63) is 113 Å². The van der Waals surface area contributed by atoms with E-state index in [0.717, 1.165) is 46.2 Å². The number of ether oxygens (including phenoxy) is 5. The smallest absolute Gasteiger partial charge is 0.410 e. The van der Waals surface area contributed by atoms with Crippen LogP contribution in [-0.4, -0.2) is 57.0 Å². The zero-order valence-electron chi connectivity index (χ0n) is 27.9. The highest BCUT2D eigenvalue weighted by Gasteiger charge is 2.37. The molecule has 2 aliphatic rings. The van der Waals surface area contributed by atoms with Gasteiger partial charge in [-0.3, -0.25) is 4.90 Å². The zero-order chi connectivity index (χ0) is 34.2. The van der Waals surface area contributed by atoms with Crippen molar-refractivity contribution in [2.45, 2.75) is 50.2 Å². The SMILES string of the molecule is C#CCOc1cccc([C@@H](CCc2ccc(OC)c(OC)c2)OC(=O)C2CCCCN2C(=O)OCC2c3ccccc3-c3ccccc32)c1. The Morgan fingerprint density at radius 1 is 0.878 bits per heavy atom. The summed E-state index contributed by atoms with van der Waals surface area (Å²) in [6.45, 7) is 0.725. The molecule has 8 heteroatoms. The predicted octanol–water partition coefficient (Wildman–Crippen LogP) is 7.74. The minimum Gasteiger partial charge on any atom is -0.493 e. The third-order valence-electron chi connectivity index (χ3n) is 9.30. The number of rotatable bonds is 12. The molecule has 2 atom stereocenters. The van der Waals surface area contributed by atoms with Crippen molar-refractivity contribution in [1.29, 1.82) is 0 Å². The molecule has 8 nitrogen and oxygen atoms in total. The fraction of sp³-hybridized carbons (Fsp3) is 0.317. The number of likely N-dealkylation sites (tertiary alicyclic amines) is 1. The number of aryl methyl sites for hydroxylation is 1. The summed E-state index contributed by atoms with van der Waals surface area (Å²) in [5.74, 6) is 3.80. The highest BCUT2D eigenvalue weighted by molar-refractivity contribution is 5.82. The monoisotopic (exact) mass is 659 g/mol. The highest BCUT2D eigenvalue weighted by Crippen LogP contribution is 2.44. The van der Waals surface area contributed by atoms with Crippen LogP contribution >= 0.6 is 0 Å². The van der Waals surface area contributed by atoms with Crippen molar-refractivity contribution in [1.82, 2.24) is 4.90 Å². The van der Waals surface area contributed by atoms with Crippen molar-refractivity contribution < 1.29 is 33.3 Å². The Morgan fingerprint density at radius 3 is 2.33 bits per heavy atom. The summed E-state index contributed by atoms with van der Waals surface area (Å²) in [5.41, 5.74) is 6.36. The van der Waals surface area contributed by atoms with Gasteiger partial charge in [0.2, 0.25) is 0 Å². The summed E-state index contributed by atoms with van der Waals surface area (Å²) in [4.78, 5) is 29.2. The largest absolute Gasteiger partial charge is 0.493 e. The lowest BCUT2D eigenvalue weighted by Crippen LogP contribution is -2.49. The predicted molar refractivity (Wildman–Crippen MR) is 187 cm³/mol. The van der Waals surface area contributed by atoms with Crippen LogP contribution in [0.3, 0.4) is 0 Å². The van der Waals surface area contributed by atoms with E-state index in [2.05, 4.69) is 30.2 Å². The molecule has 0 N–H and O–H groups in total. The molecule has 1 aliphatic carbocycles. The van der Waals surface area contributed by atoms with Crippen LogP contribution in [0.15, 0.2) is 91.0 Å². The summed E-state index contributed by atoms with van der Waals surface area (Å²) in [6, 6.07) is 28.8. The number of carbonyl (C=O) groups is 2. The van der Waals surface area contributed by atoms with Crippen LogP contribution in [0.25, 0.3) is 11.1 Å². The third kappa shape index (κ3) is 7.52. The van der Waals surface area contributed by atoms with Crippen molar-refractivity contribution in [2.24, 2.45) is 0 Å². The average Bonchev–Trinajstić information content (AvgIpc) is 3.47. The van der Waals surface area contributed by atoms with Gasteiger partial charge >= 0.3 is 12.1 Å². The maximum atomic E-state index is 14.0. The molecule has 0 saturated carbocycles. The van der Waals surface area contributed by atoms with E-state index in [1.807, 2.05) is 66.7 Å². The summed E-state index contributed by atoms with van der Waals surface area (Å²) < 4.78 is 28.8. The van der Waals surface area contributed by atoms with E-state index in [-0.39, 0.29) is 19.1 Å². The Bertz CT molecular complexity index is 1780. The number of nitrogens with zero attached hydrogens (tertiary/aromatic N) is 1. The van der Waals surface area contributed by atoms with Crippen molar-refractivity contribution in [3.8, 4) is 40.7 Å². The first-order chi connectivity index (χ1) is 24.0. The maximum absolute atomic E-state index is 14.0. The van der Waals surface area contributed by atoms with Crippen LogP contribution in [0, 0.1) is 12.3 Å². The quantitative estimate of drug-likeness (QED) is 0.114. The van der Waals surface area contributed by atoms with E-state index in [1.54, 1.807) is 14.2 Å². The standard InChI is InChI=1S/C41H41NO7/c1-4-24-47-30-13-11-12-29(26-30)37(21-19-28-20-22-38(45-2)39(25-28)46-3)49-40(43)36-18-9-10-23-42(36)41(44)48-27-35-33-16-7-5-14-31(33)32-15-6-8-17-34(32)35/h1,5-8,11-17,20,22,25-26,35-37H,9-10,18-19,21,23-24,27H2,2-3H3/t36?,37-/m1/s1.